The van der Waals surface area contributed by atoms with E-state index >= 15 is 0 Å². The molecule has 0 aliphatic heterocycles. The van der Waals surface area contributed by atoms with E-state index in [9.17, 15) is 4.39 Å². The molecule has 106 valence electrons. The van der Waals surface area contributed by atoms with Crippen LogP contribution in [0.1, 0.15) is 50.2 Å². The van der Waals surface area contributed by atoms with E-state index in [0.29, 0.717) is 12.6 Å². The maximum atomic E-state index is 13.4. The molecule has 0 aromatic heterocycles. The second kappa shape index (κ2) is 7.01. The van der Waals surface area contributed by atoms with Crippen LogP contribution in [-0.2, 0) is 13.1 Å². The Hall–Kier alpha value is -0.930. The van der Waals surface area contributed by atoms with Gasteiger partial charge in [-0.15, -0.1) is 0 Å². The highest BCUT2D eigenvalue weighted by Crippen LogP contribution is 2.24. The summed E-state index contributed by atoms with van der Waals surface area (Å²) in [5.74, 6) is -0.160. The van der Waals surface area contributed by atoms with Gasteiger partial charge in [0.1, 0.15) is 5.82 Å². The molecule has 19 heavy (non-hydrogen) atoms. The van der Waals surface area contributed by atoms with Crippen molar-refractivity contribution < 1.29 is 4.39 Å². The second-order valence-corrected chi connectivity index (χ2v) is 5.47. The summed E-state index contributed by atoms with van der Waals surface area (Å²) in [6.07, 6.45) is 6.58. The third kappa shape index (κ3) is 3.77. The Morgan fingerprint density at radius 1 is 1.21 bits per heavy atom. The van der Waals surface area contributed by atoms with Gasteiger partial charge in [0.2, 0.25) is 0 Å². The van der Waals surface area contributed by atoms with Crippen LogP contribution in [0.5, 0.6) is 0 Å². The molecule has 1 fully saturated rings. The van der Waals surface area contributed by atoms with Gasteiger partial charge in [0.25, 0.3) is 0 Å². The molecule has 0 heterocycles. The van der Waals surface area contributed by atoms with E-state index in [1.807, 2.05) is 6.07 Å². The van der Waals surface area contributed by atoms with Crippen molar-refractivity contribution in [2.75, 3.05) is 6.54 Å². The summed E-state index contributed by atoms with van der Waals surface area (Å²) in [4.78, 5) is 2.48. The first-order chi connectivity index (χ1) is 9.24. The number of rotatable bonds is 5. The lowest BCUT2D eigenvalue weighted by molar-refractivity contribution is 0.155. The normalized spacial score (nSPS) is 17.1. The Morgan fingerprint density at radius 3 is 2.58 bits per heavy atom. The molecule has 3 heteroatoms. The SMILES string of the molecule is CCN(Cc1cc(F)ccc1CN)C1CCCCC1. The summed E-state index contributed by atoms with van der Waals surface area (Å²) in [6, 6.07) is 5.63. The highest BCUT2D eigenvalue weighted by atomic mass is 19.1. The predicted molar refractivity (Wildman–Crippen MR) is 77.2 cm³/mol. The van der Waals surface area contributed by atoms with Gasteiger partial charge in [-0.25, -0.2) is 4.39 Å². The zero-order valence-corrected chi connectivity index (χ0v) is 11.9. The van der Waals surface area contributed by atoms with Gasteiger partial charge in [-0.1, -0.05) is 32.3 Å². The van der Waals surface area contributed by atoms with Crippen molar-refractivity contribution in [1.82, 2.24) is 4.90 Å². The third-order valence-electron chi connectivity index (χ3n) is 4.26. The van der Waals surface area contributed by atoms with Gasteiger partial charge in [-0.3, -0.25) is 4.90 Å². The highest BCUT2D eigenvalue weighted by Gasteiger charge is 2.20. The fourth-order valence-electron chi connectivity index (χ4n) is 3.10. The van der Waals surface area contributed by atoms with Gasteiger partial charge in [0.15, 0.2) is 0 Å². The van der Waals surface area contributed by atoms with Crippen LogP contribution in [-0.4, -0.2) is 17.5 Å². The van der Waals surface area contributed by atoms with Crippen molar-refractivity contribution in [3.05, 3.63) is 35.1 Å². The number of nitrogens with two attached hydrogens (primary N) is 1. The molecule has 1 saturated carbocycles. The van der Waals surface area contributed by atoms with Gasteiger partial charge in [-0.2, -0.15) is 0 Å². The number of hydrogen-bond donors (Lipinski definition) is 1. The lowest BCUT2D eigenvalue weighted by Crippen LogP contribution is -2.36. The van der Waals surface area contributed by atoms with E-state index in [4.69, 9.17) is 5.73 Å². The quantitative estimate of drug-likeness (QED) is 0.882. The number of halogens is 1. The van der Waals surface area contributed by atoms with Gasteiger partial charge < -0.3 is 5.73 Å². The standard InChI is InChI=1S/C16H25FN2/c1-2-19(16-6-4-3-5-7-16)12-14-10-15(17)9-8-13(14)11-18/h8-10,16H,2-7,11-12,18H2,1H3. The average molecular weight is 264 g/mol. The molecule has 0 spiro atoms. The lowest BCUT2D eigenvalue weighted by Gasteiger charge is -2.34. The van der Waals surface area contributed by atoms with E-state index in [0.717, 1.165) is 24.2 Å². The predicted octanol–water partition coefficient (Wildman–Crippen LogP) is 3.44. The van der Waals surface area contributed by atoms with Crippen LogP contribution in [0, 0.1) is 5.82 Å². The molecular formula is C16H25FN2. The van der Waals surface area contributed by atoms with Crippen LogP contribution < -0.4 is 5.73 Å². The van der Waals surface area contributed by atoms with Gasteiger partial charge in [0.05, 0.1) is 0 Å². The monoisotopic (exact) mass is 264 g/mol. The third-order valence-corrected chi connectivity index (χ3v) is 4.26. The van der Waals surface area contributed by atoms with Crippen molar-refractivity contribution in [3.63, 3.8) is 0 Å². The smallest absolute Gasteiger partial charge is 0.123 e. The molecule has 0 amide bonds. The second-order valence-electron chi connectivity index (χ2n) is 5.47. The van der Waals surface area contributed by atoms with Crippen molar-refractivity contribution in [1.29, 1.82) is 0 Å². The molecule has 1 aromatic rings. The molecule has 2 N–H and O–H groups in total. The molecule has 0 bridgehead atoms. The molecule has 1 aliphatic rings. The van der Waals surface area contributed by atoms with E-state index in [2.05, 4.69) is 11.8 Å². The Morgan fingerprint density at radius 2 is 1.95 bits per heavy atom. The summed E-state index contributed by atoms with van der Waals surface area (Å²) in [5, 5.41) is 0. The summed E-state index contributed by atoms with van der Waals surface area (Å²) >= 11 is 0. The molecule has 1 aromatic carbocycles. The first-order valence-corrected chi connectivity index (χ1v) is 7.46. The van der Waals surface area contributed by atoms with Crippen LogP contribution in [0.15, 0.2) is 18.2 Å². The summed E-state index contributed by atoms with van der Waals surface area (Å²) in [5.41, 5.74) is 7.87. The van der Waals surface area contributed by atoms with Crippen LogP contribution in [0.2, 0.25) is 0 Å². The summed E-state index contributed by atoms with van der Waals surface area (Å²) in [6.45, 7) is 4.52. The maximum Gasteiger partial charge on any atom is 0.123 e. The summed E-state index contributed by atoms with van der Waals surface area (Å²) in [7, 11) is 0. The van der Waals surface area contributed by atoms with E-state index in [1.54, 1.807) is 6.07 Å². The minimum Gasteiger partial charge on any atom is -0.326 e. The van der Waals surface area contributed by atoms with E-state index in [1.165, 1.54) is 38.2 Å². The lowest BCUT2D eigenvalue weighted by atomic mass is 9.93. The molecule has 0 radical (unpaired) electrons. The first-order valence-electron chi connectivity index (χ1n) is 7.46. The maximum absolute atomic E-state index is 13.4. The van der Waals surface area contributed by atoms with Gasteiger partial charge in [-0.05, 0) is 42.6 Å². The Kier molecular flexibility index (Phi) is 5.34. The molecule has 2 rings (SSSR count). The van der Waals surface area contributed by atoms with Crippen molar-refractivity contribution in [2.24, 2.45) is 5.73 Å². The largest absolute Gasteiger partial charge is 0.326 e. The van der Waals surface area contributed by atoms with E-state index < -0.39 is 0 Å². The minimum atomic E-state index is -0.160. The van der Waals surface area contributed by atoms with Crippen LogP contribution in [0.3, 0.4) is 0 Å². The van der Waals surface area contributed by atoms with Crippen molar-refractivity contribution >= 4 is 0 Å². The summed E-state index contributed by atoms with van der Waals surface area (Å²) < 4.78 is 13.4. The zero-order chi connectivity index (χ0) is 13.7. The van der Waals surface area contributed by atoms with E-state index in [-0.39, 0.29) is 5.82 Å². The zero-order valence-electron chi connectivity index (χ0n) is 11.9. The number of nitrogens with zero attached hydrogens (tertiary/aromatic N) is 1. The topological polar surface area (TPSA) is 29.3 Å². The fraction of sp³-hybridized carbons (Fsp3) is 0.625. The Labute approximate surface area is 115 Å². The molecular weight excluding hydrogens is 239 g/mol. The molecule has 1 aliphatic carbocycles. The van der Waals surface area contributed by atoms with Gasteiger partial charge >= 0.3 is 0 Å². The fourth-order valence-corrected chi connectivity index (χ4v) is 3.10. The van der Waals surface area contributed by atoms with Gasteiger partial charge in [0, 0.05) is 19.1 Å². The average Bonchev–Trinajstić information content (AvgIpc) is 2.46. The van der Waals surface area contributed by atoms with Crippen molar-refractivity contribution in [2.45, 2.75) is 58.2 Å². The first kappa shape index (κ1) is 14.5. The molecule has 0 unspecified atom stereocenters. The highest BCUT2D eigenvalue weighted by molar-refractivity contribution is 5.27. The number of hydrogen-bond acceptors (Lipinski definition) is 2. The van der Waals surface area contributed by atoms with Crippen molar-refractivity contribution in [3.8, 4) is 0 Å². The Balaban J connectivity index is 2.10. The molecule has 0 atom stereocenters. The van der Waals surface area contributed by atoms with Crippen LogP contribution in [0.4, 0.5) is 4.39 Å². The van der Waals surface area contributed by atoms with Crippen LogP contribution >= 0.6 is 0 Å². The minimum absolute atomic E-state index is 0.160. The van der Waals surface area contributed by atoms with Crippen LogP contribution in [0.25, 0.3) is 0 Å². The molecule has 2 nitrogen and oxygen atoms in total. The number of benzene rings is 1. The molecule has 0 saturated heterocycles. The Bertz CT molecular complexity index is 400.